The number of morpholine rings is 1. The van der Waals surface area contributed by atoms with E-state index in [4.69, 9.17) is 9.72 Å². The first-order valence-corrected chi connectivity index (χ1v) is 9.11. The van der Waals surface area contributed by atoms with Gasteiger partial charge in [0.15, 0.2) is 0 Å². The van der Waals surface area contributed by atoms with Crippen LogP contribution in [0.15, 0.2) is 0 Å². The van der Waals surface area contributed by atoms with E-state index >= 15 is 0 Å². The Kier molecular flexibility index (Phi) is 5.19. The summed E-state index contributed by atoms with van der Waals surface area (Å²) in [5.41, 5.74) is 2.46. The van der Waals surface area contributed by atoms with Gasteiger partial charge in [0, 0.05) is 31.7 Å². The van der Waals surface area contributed by atoms with Gasteiger partial charge in [-0.05, 0) is 32.1 Å². The molecular weight excluding hydrogens is 274 g/mol. The maximum atomic E-state index is 6.37. The molecule has 1 aliphatic heterocycles. The molecule has 3 rings (SSSR count). The molecule has 1 saturated heterocycles. The van der Waals surface area contributed by atoms with Gasteiger partial charge < -0.3 is 9.72 Å². The van der Waals surface area contributed by atoms with E-state index in [9.17, 15) is 0 Å². The standard InChI is InChI=1S/C18H31N3O/c1-4-6-7-15-10-21(12-17(22-15)14-8-9-14)11-16-13(3)19-18(5-2)20-16/h14-15,17H,4-12H2,1-3H3,(H,19,20)/t15-,17-/m1/s1. The Morgan fingerprint density at radius 2 is 2.09 bits per heavy atom. The SMILES string of the molecule is CCCC[C@@H]1CN(Cc2nc(CC)[nH]c2C)C[C@H](C2CC2)O1. The van der Waals surface area contributed by atoms with Crippen LogP contribution in [0.3, 0.4) is 0 Å². The molecule has 0 bridgehead atoms. The molecule has 0 amide bonds. The van der Waals surface area contributed by atoms with Gasteiger partial charge in [-0.15, -0.1) is 0 Å². The first-order valence-electron chi connectivity index (χ1n) is 9.11. The van der Waals surface area contributed by atoms with Gasteiger partial charge >= 0.3 is 0 Å². The molecule has 2 fully saturated rings. The number of imidazole rings is 1. The summed E-state index contributed by atoms with van der Waals surface area (Å²) >= 11 is 0. The molecule has 0 radical (unpaired) electrons. The smallest absolute Gasteiger partial charge is 0.106 e. The molecule has 1 aromatic heterocycles. The lowest BCUT2D eigenvalue weighted by Crippen LogP contribution is -2.48. The van der Waals surface area contributed by atoms with Crippen LogP contribution < -0.4 is 0 Å². The zero-order valence-corrected chi connectivity index (χ0v) is 14.4. The zero-order valence-electron chi connectivity index (χ0n) is 14.4. The highest BCUT2D eigenvalue weighted by Crippen LogP contribution is 2.37. The van der Waals surface area contributed by atoms with Gasteiger partial charge in [0.25, 0.3) is 0 Å². The quantitative estimate of drug-likeness (QED) is 0.839. The minimum absolute atomic E-state index is 0.421. The second-order valence-corrected chi connectivity index (χ2v) is 7.08. The number of unbranched alkanes of at least 4 members (excludes halogenated alkanes) is 1. The maximum absolute atomic E-state index is 6.37. The Morgan fingerprint density at radius 1 is 1.27 bits per heavy atom. The van der Waals surface area contributed by atoms with Gasteiger partial charge in [0.1, 0.15) is 5.82 Å². The van der Waals surface area contributed by atoms with Gasteiger partial charge in [-0.1, -0.05) is 26.7 Å². The van der Waals surface area contributed by atoms with E-state index in [2.05, 4.69) is 30.7 Å². The van der Waals surface area contributed by atoms with Crippen LogP contribution in [0, 0.1) is 12.8 Å². The van der Waals surface area contributed by atoms with Crippen molar-refractivity contribution in [1.29, 1.82) is 0 Å². The highest BCUT2D eigenvalue weighted by Gasteiger charge is 2.38. The first-order chi connectivity index (χ1) is 10.7. The number of aromatic amines is 1. The maximum Gasteiger partial charge on any atom is 0.106 e. The van der Waals surface area contributed by atoms with E-state index in [1.807, 2.05) is 0 Å². The van der Waals surface area contributed by atoms with Gasteiger partial charge in [-0.25, -0.2) is 4.98 Å². The number of aryl methyl sites for hydroxylation is 2. The fourth-order valence-electron chi connectivity index (χ4n) is 3.50. The van der Waals surface area contributed by atoms with E-state index < -0.39 is 0 Å². The van der Waals surface area contributed by atoms with Crippen LogP contribution in [-0.2, 0) is 17.7 Å². The van der Waals surface area contributed by atoms with Crippen molar-refractivity contribution in [2.75, 3.05) is 13.1 Å². The average Bonchev–Trinajstić information content (AvgIpc) is 3.31. The molecule has 1 aliphatic carbocycles. The second-order valence-electron chi connectivity index (χ2n) is 7.08. The molecule has 1 N–H and O–H groups in total. The van der Waals surface area contributed by atoms with Crippen molar-refractivity contribution in [3.05, 3.63) is 17.2 Å². The molecule has 2 heterocycles. The Hall–Kier alpha value is -0.870. The van der Waals surface area contributed by atoms with Gasteiger partial charge in [-0.3, -0.25) is 4.90 Å². The summed E-state index contributed by atoms with van der Waals surface area (Å²) in [5.74, 6) is 1.93. The number of nitrogens with one attached hydrogen (secondary N) is 1. The van der Waals surface area contributed by atoms with Crippen molar-refractivity contribution in [2.24, 2.45) is 5.92 Å². The molecule has 4 nitrogen and oxygen atoms in total. The van der Waals surface area contributed by atoms with Crippen LogP contribution in [-0.4, -0.2) is 40.2 Å². The van der Waals surface area contributed by atoms with Crippen LogP contribution in [0.5, 0.6) is 0 Å². The molecule has 1 aromatic rings. The summed E-state index contributed by atoms with van der Waals surface area (Å²) in [4.78, 5) is 10.7. The molecule has 2 aliphatic rings. The zero-order chi connectivity index (χ0) is 15.5. The summed E-state index contributed by atoms with van der Waals surface area (Å²) in [6.45, 7) is 9.68. The van der Waals surface area contributed by atoms with Crippen molar-refractivity contribution < 1.29 is 4.74 Å². The number of aromatic nitrogens is 2. The fraction of sp³-hybridized carbons (Fsp3) is 0.833. The molecule has 4 heteroatoms. The summed E-state index contributed by atoms with van der Waals surface area (Å²) < 4.78 is 6.37. The molecular formula is C18H31N3O. The van der Waals surface area contributed by atoms with Crippen LogP contribution >= 0.6 is 0 Å². The predicted octanol–water partition coefficient (Wildman–Crippen LogP) is 3.45. The van der Waals surface area contributed by atoms with Crippen LogP contribution in [0.4, 0.5) is 0 Å². The molecule has 0 spiro atoms. The van der Waals surface area contributed by atoms with Crippen molar-refractivity contribution in [1.82, 2.24) is 14.9 Å². The van der Waals surface area contributed by atoms with E-state index in [1.54, 1.807) is 0 Å². The monoisotopic (exact) mass is 305 g/mol. The highest BCUT2D eigenvalue weighted by molar-refractivity contribution is 5.13. The molecule has 2 atom stereocenters. The number of ether oxygens (including phenoxy) is 1. The molecule has 0 aromatic carbocycles. The van der Waals surface area contributed by atoms with Crippen LogP contribution in [0.25, 0.3) is 0 Å². The van der Waals surface area contributed by atoms with Crippen molar-refractivity contribution in [3.63, 3.8) is 0 Å². The lowest BCUT2D eigenvalue weighted by atomic mass is 10.1. The van der Waals surface area contributed by atoms with E-state index in [1.165, 1.54) is 43.5 Å². The number of hydrogen-bond donors (Lipinski definition) is 1. The lowest BCUT2D eigenvalue weighted by Gasteiger charge is -2.38. The molecule has 124 valence electrons. The number of hydrogen-bond acceptors (Lipinski definition) is 3. The normalized spacial score (nSPS) is 26.5. The van der Waals surface area contributed by atoms with Crippen molar-refractivity contribution >= 4 is 0 Å². The first kappa shape index (κ1) is 16.0. The molecule has 1 saturated carbocycles. The lowest BCUT2D eigenvalue weighted by molar-refractivity contribution is -0.0996. The van der Waals surface area contributed by atoms with Gasteiger partial charge in [-0.2, -0.15) is 0 Å². The number of nitrogens with zero attached hydrogens (tertiary/aromatic N) is 2. The minimum atomic E-state index is 0.421. The second kappa shape index (κ2) is 7.14. The van der Waals surface area contributed by atoms with E-state index in [0.29, 0.717) is 12.2 Å². The van der Waals surface area contributed by atoms with E-state index in [0.717, 1.165) is 37.8 Å². The summed E-state index contributed by atoms with van der Waals surface area (Å²) in [5, 5.41) is 0. The topological polar surface area (TPSA) is 41.2 Å². The Balaban J connectivity index is 1.63. The fourth-order valence-corrected chi connectivity index (χ4v) is 3.50. The third-order valence-corrected chi connectivity index (χ3v) is 5.04. The van der Waals surface area contributed by atoms with Gasteiger partial charge in [0.05, 0.1) is 17.9 Å². The van der Waals surface area contributed by atoms with Crippen molar-refractivity contribution in [2.45, 2.75) is 78.0 Å². The third kappa shape index (κ3) is 3.90. The molecule has 22 heavy (non-hydrogen) atoms. The number of rotatable bonds is 7. The summed E-state index contributed by atoms with van der Waals surface area (Å²) in [6.07, 6.45) is 8.32. The largest absolute Gasteiger partial charge is 0.372 e. The van der Waals surface area contributed by atoms with E-state index in [-0.39, 0.29) is 0 Å². The predicted molar refractivity (Wildman–Crippen MR) is 88.9 cm³/mol. The average molecular weight is 305 g/mol. The minimum Gasteiger partial charge on any atom is -0.372 e. The Morgan fingerprint density at radius 3 is 2.73 bits per heavy atom. The summed E-state index contributed by atoms with van der Waals surface area (Å²) in [6, 6.07) is 0. The third-order valence-electron chi connectivity index (χ3n) is 5.04. The van der Waals surface area contributed by atoms with Crippen molar-refractivity contribution in [3.8, 4) is 0 Å². The Labute approximate surface area is 134 Å². The highest BCUT2D eigenvalue weighted by atomic mass is 16.5. The van der Waals surface area contributed by atoms with Gasteiger partial charge in [0.2, 0.25) is 0 Å². The molecule has 0 unspecified atom stereocenters. The van der Waals surface area contributed by atoms with Crippen LogP contribution in [0.2, 0.25) is 0 Å². The Bertz CT molecular complexity index is 481. The summed E-state index contributed by atoms with van der Waals surface area (Å²) in [7, 11) is 0. The van der Waals surface area contributed by atoms with Crippen LogP contribution in [0.1, 0.15) is 63.2 Å². The number of H-pyrrole nitrogens is 1.